The van der Waals surface area contributed by atoms with E-state index < -0.39 is 10.0 Å². The van der Waals surface area contributed by atoms with Crippen LogP contribution < -0.4 is 4.74 Å². The van der Waals surface area contributed by atoms with E-state index in [1.807, 2.05) is 13.0 Å². The van der Waals surface area contributed by atoms with Crippen molar-refractivity contribution in [2.45, 2.75) is 31.1 Å². The summed E-state index contributed by atoms with van der Waals surface area (Å²) in [7, 11) is -3.56. The number of piperazine rings is 1. The molecule has 2 aromatic rings. The minimum atomic E-state index is -3.56. The Hall–Kier alpha value is -1.90. The second-order valence-electron chi connectivity index (χ2n) is 7.01. The number of aryl methyl sites for hydroxylation is 2. The Morgan fingerprint density at radius 3 is 2.46 bits per heavy atom. The fraction of sp³-hybridized carbons (Fsp3) is 0.450. The minimum Gasteiger partial charge on any atom is -0.494 e. The molecule has 2 aliphatic rings. The number of benzene rings is 1. The molecule has 8 heteroatoms. The van der Waals surface area contributed by atoms with Gasteiger partial charge in [-0.25, -0.2) is 8.42 Å². The summed E-state index contributed by atoms with van der Waals surface area (Å²) in [5.74, 6) is 0.678. The number of rotatable bonds is 5. The number of amides is 1. The molecule has 0 bridgehead atoms. The number of ether oxygens (including phenoxy) is 1. The van der Waals surface area contributed by atoms with Gasteiger partial charge < -0.3 is 9.64 Å². The molecule has 0 radical (unpaired) electrons. The average Bonchev–Trinajstić information content (AvgIpc) is 3.30. The number of hydrogen-bond acceptors (Lipinski definition) is 5. The summed E-state index contributed by atoms with van der Waals surface area (Å²) in [6.45, 7) is 3.87. The summed E-state index contributed by atoms with van der Waals surface area (Å²) < 4.78 is 32.6. The molecule has 0 spiro atoms. The van der Waals surface area contributed by atoms with Crippen LogP contribution in [-0.2, 0) is 22.9 Å². The van der Waals surface area contributed by atoms with Gasteiger partial charge in [0.2, 0.25) is 10.0 Å². The van der Waals surface area contributed by atoms with Crippen molar-refractivity contribution >= 4 is 27.3 Å². The van der Waals surface area contributed by atoms with E-state index in [4.69, 9.17) is 4.74 Å². The maximum absolute atomic E-state index is 12.9. The summed E-state index contributed by atoms with van der Waals surface area (Å²) >= 11 is 1.60. The number of carbonyl (C=O) groups is 1. The van der Waals surface area contributed by atoms with Crippen LogP contribution in [0.15, 0.2) is 35.2 Å². The zero-order valence-corrected chi connectivity index (χ0v) is 17.5. The van der Waals surface area contributed by atoms with Gasteiger partial charge in [0.15, 0.2) is 0 Å². The molecule has 4 rings (SSSR count). The van der Waals surface area contributed by atoms with Gasteiger partial charge >= 0.3 is 0 Å². The first-order chi connectivity index (χ1) is 13.5. The standard InChI is InChI=1S/C20H24N2O4S2/c1-2-26-16-6-8-17(9-7-16)28(24,25)22-12-10-21(11-13-22)20(23)19-14-15-4-3-5-18(15)27-19/h6-9,14H,2-5,10-13H2,1H3. The molecule has 0 unspecified atom stereocenters. The number of thiophene rings is 1. The lowest BCUT2D eigenvalue weighted by atomic mass is 10.2. The third-order valence-corrected chi connectivity index (χ3v) is 8.39. The van der Waals surface area contributed by atoms with Gasteiger partial charge in [-0.15, -0.1) is 11.3 Å². The highest BCUT2D eigenvalue weighted by Gasteiger charge is 2.31. The highest BCUT2D eigenvalue weighted by molar-refractivity contribution is 7.89. The maximum atomic E-state index is 12.9. The van der Waals surface area contributed by atoms with Crippen molar-refractivity contribution in [1.29, 1.82) is 0 Å². The summed E-state index contributed by atoms with van der Waals surface area (Å²) in [6.07, 6.45) is 3.31. The summed E-state index contributed by atoms with van der Waals surface area (Å²) in [6, 6.07) is 8.52. The lowest BCUT2D eigenvalue weighted by Crippen LogP contribution is -2.50. The van der Waals surface area contributed by atoms with Gasteiger partial charge in [-0.1, -0.05) is 0 Å². The Kier molecular flexibility index (Phi) is 5.44. The van der Waals surface area contributed by atoms with Crippen LogP contribution in [0.1, 0.15) is 33.5 Å². The lowest BCUT2D eigenvalue weighted by Gasteiger charge is -2.33. The molecule has 0 saturated carbocycles. The maximum Gasteiger partial charge on any atom is 0.264 e. The summed E-state index contributed by atoms with van der Waals surface area (Å²) in [5, 5.41) is 0. The molecule has 1 amide bonds. The number of nitrogens with zero attached hydrogens (tertiary/aromatic N) is 2. The monoisotopic (exact) mass is 420 g/mol. The largest absolute Gasteiger partial charge is 0.494 e. The van der Waals surface area contributed by atoms with Crippen molar-refractivity contribution in [2.24, 2.45) is 0 Å². The summed E-state index contributed by atoms with van der Waals surface area (Å²) in [4.78, 5) is 16.9. The zero-order chi connectivity index (χ0) is 19.7. The Morgan fingerprint density at radius 2 is 1.82 bits per heavy atom. The molecule has 1 saturated heterocycles. The second kappa shape index (κ2) is 7.85. The van der Waals surface area contributed by atoms with Crippen LogP contribution >= 0.6 is 11.3 Å². The van der Waals surface area contributed by atoms with Crippen molar-refractivity contribution in [3.63, 3.8) is 0 Å². The molecule has 150 valence electrons. The van der Waals surface area contributed by atoms with Gasteiger partial charge in [0.1, 0.15) is 5.75 Å². The number of sulfonamides is 1. The Morgan fingerprint density at radius 1 is 1.11 bits per heavy atom. The van der Waals surface area contributed by atoms with Crippen molar-refractivity contribution in [2.75, 3.05) is 32.8 Å². The normalized spacial score (nSPS) is 17.5. The van der Waals surface area contributed by atoms with Crippen LogP contribution in [0, 0.1) is 0 Å². The number of hydrogen-bond donors (Lipinski definition) is 0. The van der Waals surface area contributed by atoms with Gasteiger partial charge in [-0.05, 0) is 62.1 Å². The molecule has 1 aromatic carbocycles. The van der Waals surface area contributed by atoms with Crippen LogP contribution in [0.5, 0.6) is 5.75 Å². The predicted octanol–water partition coefficient (Wildman–Crippen LogP) is 2.78. The predicted molar refractivity (Wildman–Crippen MR) is 109 cm³/mol. The molecular weight excluding hydrogens is 396 g/mol. The van der Waals surface area contributed by atoms with Crippen molar-refractivity contribution in [1.82, 2.24) is 9.21 Å². The number of fused-ring (bicyclic) bond motifs is 1. The van der Waals surface area contributed by atoms with Crippen LogP contribution in [-0.4, -0.2) is 56.3 Å². The van der Waals surface area contributed by atoms with E-state index in [2.05, 4.69) is 0 Å². The topological polar surface area (TPSA) is 66.9 Å². The summed E-state index contributed by atoms with van der Waals surface area (Å²) in [5.41, 5.74) is 1.31. The van der Waals surface area contributed by atoms with Gasteiger partial charge in [-0.3, -0.25) is 4.79 Å². The molecule has 28 heavy (non-hydrogen) atoms. The zero-order valence-electron chi connectivity index (χ0n) is 15.9. The van der Waals surface area contributed by atoms with Crippen LogP contribution in [0.25, 0.3) is 0 Å². The molecule has 1 aromatic heterocycles. The quantitative estimate of drug-likeness (QED) is 0.746. The molecule has 0 N–H and O–H groups in total. The van der Waals surface area contributed by atoms with Crippen molar-refractivity contribution in [3.8, 4) is 5.75 Å². The number of carbonyl (C=O) groups excluding carboxylic acids is 1. The first-order valence-electron chi connectivity index (χ1n) is 9.63. The van der Waals surface area contributed by atoms with Crippen molar-refractivity contribution < 1.29 is 17.9 Å². The fourth-order valence-electron chi connectivity index (χ4n) is 3.75. The van der Waals surface area contributed by atoms with Crippen LogP contribution in [0.4, 0.5) is 0 Å². The van der Waals surface area contributed by atoms with E-state index in [1.165, 1.54) is 21.2 Å². The van der Waals surface area contributed by atoms with E-state index in [1.54, 1.807) is 40.5 Å². The SMILES string of the molecule is CCOc1ccc(S(=O)(=O)N2CCN(C(=O)c3cc4c(s3)CCC4)CC2)cc1. The molecule has 2 heterocycles. The Balaban J connectivity index is 1.40. The van der Waals surface area contributed by atoms with E-state index in [0.717, 1.165) is 17.7 Å². The van der Waals surface area contributed by atoms with Gasteiger partial charge in [0.25, 0.3) is 5.91 Å². The molecule has 1 aliphatic heterocycles. The van der Waals surface area contributed by atoms with Crippen molar-refractivity contribution in [3.05, 3.63) is 45.6 Å². The third kappa shape index (κ3) is 3.68. The highest BCUT2D eigenvalue weighted by atomic mass is 32.2. The fourth-order valence-corrected chi connectivity index (χ4v) is 6.39. The Bertz CT molecular complexity index is 937. The van der Waals surface area contributed by atoms with E-state index in [0.29, 0.717) is 38.5 Å². The van der Waals surface area contributed by atoms with Gasteiger partial charge in [0, 0.05) is 31.1 Å². The second-order valence-corrected chi connectivity index (χ2v) is 10.1. The third-order valence-electron chi connectivity index (χ3n) is 5.26. The highest BCUT2D eigenvalue weighted by Crippen LogP contribution is 2.31. The molecule has 1 aliphatic carbocycles. The Labute approximate surface area is 169 Å². The van der Waals surface area contributed by atoms with Gasteiger partial charge in [0.05, 0.1) is 16.4 Å². The molecule has 1 fully saturated rings. The molecular formula is C20H24N2O4S2. The van der Waals surface area contributed by atoms with E-state index >= 15 is 0 Å². The van der Waals surface area contributed by atoms with Crippen LogP contribution in [0.3, 0.4) is 0 Å². The first-order valence-corrected chi connectivity index (χ1v) is 11.9. The molecule has 6 nitrogen and oxygen atoms in total. The minimum absolute atomic E-state index is 0.0255. The lowest BCUT2D eigenvalue weighted by molar-refractivity contribution is 0.0702. The van der Waals surface area contributed by atoms with E-state index in [-0.39, 0.29) is 10.8 Å². The van der Waals surface area contributed by atoms with Gasteiger partial charge in [-0.2, -0.15) is 4.31 Å². The molecule has 0 atom stereocenters. The van der Waals surface area contributed by atoms with E-state index in [9.17, 15) is 13.2 Å². The van der Waals surface area contributed by atoms with Crippen LogP contribution in [0.2, 0.25) is 0 Å². The average molecular weight is 421 g/mol. The smallest absolute Gasteiger partial charge is 0.264 e. The first kappa shape index (κ1) is 19.4.